The number of hydrogen-bond acceptors (Lipinski definition) is 3. The fraction of sp³-hybridized carbons (Fsp3) is 0.400. The molecular weight excluding hydrogens is 164 g/mol. The van der Waals surface area contributed by atoms with Crippen LogP contribution in [-0.2, 0) is 4.79 Å². The molecule has 0 saturated carbocycles. The lowest BCUT2D eigenvalue weighted by molar-refractivity contribution is -0.116. The lowest BCUT2D eigenvalue weighted by Crippen LogP contribution is -2.19. The minimum absolute atomic E-state index is 0.0319. The molecule has 13 heavy (non-hydrogen) atoms. The van der Waals surface area contributed by atoms with E-state index in [4.69, 9.17) is 0 Å². The number of nitrogens with zero attached hydrogens (tertiary/aromatic N) is 1. The van der Waals surface area contributed by atoms with Gasteiger partial charge in [-0.1, -0.05) is 18.7 Å². The molecule has 68 valence electrons. The number of Topliss-reactive ketones (excluding diaryl/α,β-unsaturated/α-hetero) is 1. The van der Waals surface area contributed by atoms with Crippen molar-refractivity contribution in [2.24, 2.45) is 4.99 Å². The summed E-state index contributed by atoms with van der Waals surface area (Å²) >= 11 is 0. The SMILES string of the molecule is C=NC(=C)C(=O)CC1(C)NC12C=C2. The van der Waals surface area contributed by atoms with Crippen LogP contribution in [0.1, 0.15) is 13.3 Å². The van der Waals surface area contributed by atoms with Gasteiger partial charge in [-0.3, -0.25) is 15.1 Å². The van der Waals surface area contributed by atoms with E-state index in [9.17, 15) is 4.79 Å². The third-order valence-corrected chi connectivity index (χ3v) is 2.86. The van der Waals surface area contributed by atoms with Gasteiger partial charge in [0.15, 0.2) is 5.78 Å². The summed E-state index contributed by atoms with van der Waals surface area (Å²) in [6, 6.07) is 0. The van der Waals surface area contributed by atoms with Crippen LogP contribution in [0.5, 0.6) is 0 Å². The molecule has 0 aromatic heterocycles. The van der Waals surface area contributed by atoms with E-state index < -0.39 is 0 Å². The molecule has 1 atom stereocenters. The van der Waals surface area contributed by atoms with Gasteiger partial charge in [0.1, 0.15) is 0 Å². The van der Waals surface area contributed by atoms with Crippen molar-refractivity contribution >= 4 is 12.5 Å². The molecule has 1 aliphatic heterocycles. The molecule has 0 bridgehead atoms. The Hall–Kier alpha value is -1.22. The lowest BCUT2D eigenvalue weighted by Gasteiger charge is -2.06. The zero-order valence-corrected chi connectivity index (χ0v) is 7.63. The first-order chi connectivity index (χ1) is 6.03. The summed E-state index contributed by atoms with van der Waals surface area (Å²) in [6.07, 6.45) is 4.59. The number of allylic oxidation sites excluding steroid dienone is 1. The maximum atomic E-state index is 11.4. The molecular formula is C10H12N2O. The molecule has 1 saturated heterocycles. The van der Waals surface area contributed by atoms with Gasteiger partial charge in [0.25, 0.3) is 0 Å². The van der Waals surface area contributed by atoms with Gasteiger partial charge in [0.2, 0.25) is 0 Å². The maximum Gasteiger partial charge on any atom is 0.182 e. The smallest absolute Gasteiger partial charge is 0.182 e. The Kier molecular flexibility index (Phi) is 1.40. The number of nitrogens with one attached hydrogen (secondary N) is 1. The topological polar surface area (TPSA) is 51.4 Å². The highest BCUT2D eigenvalue weighted by Crippen LogP contribution is 2.51. The summed E-state index contributed by atoms with van der Waals surface area (Å²) < 4.78 is 0. The molecule has 3 heteroatoms. The fourth-order valence-electron chi connectivity index (χ4n) is 1.66. The summed E-state index contributed by atoms with van der Waals surface area (Å²) in [5.74, 6) is -0.0319. The molecule has 0 aromatic rings. The van der Waals surface area contributed by atoms with E-state index in [0.29, 0.717) is 6.42 Å². The van der Waals surface area contributed by atoms with Gasteiger partial charge >= 0.3 is 0 Å². The molecule has 1 heterocycles. The van der Waals surface area contributed by atoms with E-state index in [0.717, 1.165) is 0 Å². The monoisotopic (exact) mass is 176 g/mol. The first-order valence-electron chi connectivity index (χ1n) is 4.22. The molecule has 0 radical (unpaired) electrons. The summed E-state index contributed by atoms with van der Waals surface area (Å²) in [6.45, 7) is 8.83. The molecule has 2 aliphatic rings. The van der Waals surface area contributed by atoms with Gasteiger partial charge in [0.05, 0.1) is 11.2 Å². The molecule has 1 spiro atoms. The van der Waals surface area contributed by atoms with Crippen LogP contribution < -0.4 is 5.32 Å². The normalized spacial score (nSPS) is 31.5. The zero-order valence-electron chi connectivity index (χ0n) is 7.63. The van der Waals surface area contributed by atoms with E-state index in [1.54, 1.807) is 0 Å². The van der Waals surface area contributed by atoms with Crippen LogP contribution in [0, 0.1) is 0 Å². The van der Waals surface area contributed by atoms with E-state index in [1.807, 2.05) is 6.92 Å². The van der Waals surface area contributed by atoms with Crippen LogP contribution in [0.15, 0.2) is 29.4 Å². The summed E-state index contributed by atoms with van der Waals surface area (Å²) in [5.41, 5.74) is 0.202. The van der Waals surface area contributed by atoms with E-state index in [2.05, 4.69) is 35.8 Å². The zero-order chi connectivity index (χ0) is 9.69. The average molecular weight is 176 g/mol. The molecule has 2 rings (SSSR count). The highest BCUT2D eigenvalue weighted by Gasteiger charge is 2.67. The largest absolute Gasteiger partial charge is 0.295 e. The Morgan fingerprint density at radius 2 is 2.23 bits per heavy atom. The predicted molar refractivity (Wildman–Crippen MR) is 51.7 cm³/mol. The molecule has 1 N–H and O–H groups in total. The first-order valence-corrected chi connectivity index (χ1v) is 4.22. The Labute approximate surface area is 77.2 Å². The van der Waals surface area contributed by atoms with Crippen molar-refractivity contribution in [2.75, 3.05) is 0 Å². The van der Waals surface area contributed by atoms with Crippen LogP contribution in [0.3, 0.4) is 0 Å². The second-order valence-electron chi connectivity index (χ2n) is 3.86. The van der Waals surface area contributed by atoms with Crippen molar-refractivity contribution in [3.05, 3.63) is 24.4 Å². The molecule has 3 nitrogen and oxygen atoms in total. The number of rotatable bonds is 4. The van der Waals surface area contributed by atoms with Crippen molar-refractivity contribution in [3.63, 3.8) is 0 Å². The van der Waals surface area contributed by atoms with Crippen molar-refractivity contribution in [1.29, 1.82) is 0 Å². The van der Waals surface area contributed by atoms with Crippen LogP contribution >= 0.6 is 0 Å². The van der Waals surface area contributed by atoms with E-state index in [-0.39, 0.29) is 22.6 Å². The summed E-state index contributed by atoms with van der Waals surface area (Å²) in [7, 11) is 0. The van der Waals surface area contributed by atoms with E-state index >= 15 is 0 Å². The van der Waals surface area contributed by atoms with Gasteiger partial charge < -0.3 is 0 Å². The quantitative estimate of drug-likeness (QED) is 0.298. The second-order valence-corrected chi connectivity index (χ2v) is 3.86. The highest BCUT2D eigenvalue weighted by atomic mass is 16.1. The first kappa shape index (κ1) is 8.38. The minimum Gasteiger partial charge on any atom is -0.295 e. The Balaban J connectivity index is 1.96. The Morgan fingerprint density at radius 3 is 2.62 bits per heavy atom. The molecule has 1 fully saturated rings. The van der Waals surface area contributed by atoms with Crippen LogP contribution in [-0.4, -0.2) is 23.6 Å². The highest BCUT2D eigenvalue weighted by molar-refractivity contribution is 5.96. The second kappa shape index (κ2) is 2.17. The molecule has 1 aliphatic carbocycles. The number of aliphatic imine (C=N–C) groups is 1. The number of hydrogen-bond donors (Lipinski definition) is 1. The Bertz CT molecular complexity index is 337. The number of ketones is 1. The van der Waals surface area contributed by atoms with Crippen LogP contribution in [0.25, 0.3) is 0 Å². The molecule has 1 unspecified atom stereocenters. The number of carbonyl (C=O) groups excluding carboxylic acids is 1. The van der Waals surface area contributed by atoms with Crippen LogP contribution in [0.4, 0.5) is 0 Å². The predicted octanol–water partition coefficient (Wildman–Crippen LogP) is 0.830. The third-order valence-electron chi connectivity index (χ3n) is 2.86. The summed E-state index contributed by atoms with van der Waals surface area (Å²) in [4.78, 5) is 15.0. The fourth-order valence-corrected chi connectivity index (χ4v) is 1.66. The van der Waals surface area contributed by atoms with Crippen molar-refractivity contribution < 1.29 is 4.79 Å². The average Bonchev–Trinajstić information content (AvgIpc) is 2.93. The van der Waals surface area contributed by atoms with Crippen molar-refractivity contribution in [1.82, 2.24) is 5.32 Å². The minimum atomic E-state index is -0.0995. The number of carbonyl (C=O) groups is 1. The lowest BCUT2D eigenvalue weighted by atomic mass is 9.97. The van der Waals surface area contributed by atoms with Crippen molar-refractivity contribution in [2.45, 2.75) is 24.4 Å². The standard InChI is InChI=1S/C10H12N2O/c1-7(11-3)8(13)6-9(2)10(12-9)4-5-10/h4-5,12H,1,3,6H2,2H3. The summed E-state index contributed by atoms with van der Waals surface area (Å²) in [5, 5.41) is 3.27. The van der Waals surface area contributed by atoms with Gasteiger partial charge in [-0.2, -0.15) is 0 Å². The van der Waals surface area contributed by atoms with Gasteiger partial charge in [0, 0.05) is 12.0 Å². The third kappa shape index (κ3) is 1.08. The van der Waals surface area contributed by atoms with Gasteiger partial charge in [-0.05, 0) is 13.6 Å². The van der Waals surface area contributed by atoms with Crippen molar-refractivity contribution in [3.8, 4) is 0 Å². The van der Waals surface area contributed by atoms with Gasteiger partial charge in [-0.15, -0.1) is 0 Å². The van der Waals surface area contributed by atoms with E-state index in [1.165, 1.54) is 0 Å². The molecule has 0 amide bonds. The molecule has 0 aromatic carbocycles. The van der Waals surface area contributed by atoms with Gasteiger partial charge in [-0.25, -0.2) is 0 Å². The van der Waals surface area contributed by atoms with Crippen LogP contribution in [0.2, 0.25) is 0 Å². The maximum absolute atomic E-state index is 11.4. The Morgan fingerprint density at radius 1 is 1.62 bits per heavy atom.